The Kier molecular flexibility index (Phi) is 4.27. The number of carbonyl (C=O) groups is 1. The van der Waals surface area contributed by atoms with Crippen LogP contribution in [-0.4, -0.2) is 34.2 Å². The van der Waals surface area contributed by atoms with Crippen LogP contribution in [0.4, 0.5) is 8.78 Å². The van der Waals surface area contributed by atoms with Gasteiger partial charge in [-0.05, 0) is 36.6 Å². The Balaban J connectivity index is 1.89. The van der Waals surface area contributed by atoms with Crippen LogP contribution in [0.1, 0.15) is 41.5 Å². The third-order valence-corrected chi connectivity index (χ3v) is 4.07. The number of ether oxygens (including phenoxy) is 1. The molecule has 5 nitrogen and oxygen atoms in total. The van der Waals surface area contributed by atoms with Gasteiger partial charge >= 0.3 is 6.55 Å². The molecule has 0 radical (unpaired) electrons. The minimum absolute atomic E-state index is 0.0882. The first-order valence-corrected chi connectivity index (χ1v) is 7.38. The highest BCUT2D eigenvalue weighted by atomic mass is 19.3. The lowest BCUT2D eigenvalue weighted by molar-refractivity contribution is 0.0457. The first kappa shape index (κ1) is 15.5. The monoisotopic (exact) mass is 321 g/mol. The lowest BCUT2D eigenvalue weighted by atomic mass is 10.0. The van der Waals surface area contributed by atoms with Gasteiger partial charge in [-0.3, -0.25) is 4.79 Å². The van der Waals surface area contributed by atoms with Crippen molar-refractivity contribution in [3.8, 4) is 5.75 Å². The van der Waals surface area contributed by atoms with E-state index >= 15 is 0 Å². The van der Waals surface area contributed by atoms with E-state index in [2.05, 4.69) is 5.10 Å². The Morgan fingerprint density at radius 1 is 1.39 bits per heavy atom. The van der Waals surface area contributed by atoms with Gasteiger partial charge in [0.05, 0.1) is 13.2 Å². The van der Waals surface area contributed by atoms with Gasteiger partial charge in [0.15, 0.2) is 0 Å². The maximum absolute atomic E-state index is 12.9. The van der Waals surface area contributed by atoms with E-state index in [-0.39, 0.29) is 11.7 Å². The molecule has 7 heteroatoms. The summed E-state index contributed by atoms with van der Waals surface area (Å²) in [5.41, 5.74) is 0.855. The summed E-state index contributed by atoms with van der Waals surface area (Å²) in [4.78, 5) is 14.3. The fourth-order valence-electron chi connectivity index (χ4n) is 2.99. The highest BCUT2D eigenvalue weighted by Gasteiger charge is 2.33. The van der Waals surface area contributed by atoms with Crippen molar-refractivity contribution in [2.75, 3.05) is 13.7 Å². The summed E-state index contributed by atoms with van der Waals surface area (Å²) in [7, 11) is 1.58. The molecule has 0 saturated carbocycles. The van der Waals surface area contributed by atoms with E-state index in [1.54, 1.807) is 12.0 Å². The summed E-state index contributed by atoms with van der Waals surface area (Å²) in [6.07, 6.45) is 2.84. The van der Waals surface area contributed by atoms with Crippen LogP contribution < -0.4 is 4.74 Å². The predicted octanol–water partition coefficient (Wildman–Crippen LogP) is 3.26. The van der Waals surface area contributed by atoms with Crippen molar-refractivity contribution >= 4 is 5.91 Å². The minimum atomic E-state index is -2.83. The van der Waals surface area contributed by atoms with Crippen LogP contribution >= 0.6 is 0 Å². The van der Waals surface area contributed by atoms with Crippen molar-refractivity contribution in [2.45, 2.75) is 25.4 Å². The molecule has 1 saturated heterocycles. The van der Waals surface area contributed by atoms with Gasteiger partial charge in [-0.25, -0.2) is 0 Å². The standard InChI is InChI=1S/C16H17F2N3O2/c1-23-12-5-2-4-11(10-12)13-6-3-9-20(13)15(22)14-7-8-19-21(14)16(17)18/h2,4-5,7-8,10,13,16H,3,6,9H2,1H3/t13-/m0/s1. The molecule has 2 heterocycles. The van der Waals surface area contributed by atoms with E-state index in [4.69, 9.17) is 4.74 Å². The molecule has 0 N–H and O–H groups in total. The van der Waals surface area contributed by atoms with E-state index in [0.29, 0.717) is 17.0 Å². The number of rotatable bonds is 4. The molecule has 1 aromatic heterocycles. The summed E-state index contributed by atoms with van der Waals surface area (Å²) in [6.45, 7) is -2.29. The number of hydrogen-bond acceptors (Lipinski definition) is 3. The van der Waals surface area contributed by atoms with Gasteiger partial charge < -0.3 is 9.64 Å². The van der Waals surface area contributed by atoms with Crippen LogP contribution in [0.5, 0.6) is 5.75 Å². The Morgan fingerprint density at radius 2 is 2.22 bits per heavy atom. The molecule has 1 aromatic carbocycles. The van der Waals surface area contributed by atoms with Crippen LogP contribution in [-0.2, 0) is 0 Å². The average Bonchev–Trinajstić information content (AvgIpc) is 3.23. The summed E-state index contributed by atoms with van der Waals surface area (Å²) in [5.74, 6) is 0.285. The van der Waals surface area contributed by atoms with Gasteiger partial charge in [0.25, 0.3) is 5.91 Å². The Hall–Kier alpha value is -2.44. The average molecular weight is 321 g/mol. The fraction of sp³-hybridized carbons (Fsp3) is 0.375. The molecule has 2 aromatic rings. The molecule has 0 bridgehead atoms. The van der Waals surface area contributed by atoms with Crippen LogP contribution in [0.25, 0.3) is 0 Å². The Labute approximate surface area is 132 Å². The molecule has 1 fully saturated rings. The largest absolute Gasteiger partial charge is 0.497 e. The predicted molar refractivity (Wildman–Crippen MR) is 79.5 cm³/mol. The van der Waals surface area contributed by atoms with E-state index < -0.39 is 12.5 Å². The number of methoxy groups -OCH3 is 1. The topological polar surface area (TPSA) is 47.4 Å². The molecule has 1 aliphatic heterocycles. The molecule has 0 spiro atoms. The van der Waals surface area contributed by atoms with Crippen molar-refractivity contribution in [1.29, 1.82) is 0 Å². The lowest BCUT2D eigenvalue weighted by Crippen LogP contribution is -2.32. The second-order valence-electron chi connectivity index (χ2n) is 5.37. The molecular weight excluding hydrogens is 304 g/mol. The fourth-order valence-corrected chi connectivity index (χ4v) is 2.99. The van der Waals surface area contributed by atoms with Crippen molar-refractivity contribution in [3.05, 3.63) is 47.8 Å². The number of benzene rings is 1. The molecule has 3 rings (SSSR count). The van der Waals surface area contributed by atoms with Gasteiger partial charge in [-0.15, -0.1) is 0 Å². The summed E-state index contributed by atoms with van der Waals surface area (Å²) >= 11 is 0. The van der Waals surface area contributed by atoms with Crippen molar-refractivity contribution < 1.29 is 18.3 Å². The molecular formula is C16H17F2N3O2. The number of amides is 1. The molecule has 0 unspecified atom stereocenters. The molecule has 1 atom stereocenters. The highest BCUT2D eigenvalue weighted by molar-refractivity contribution is 5.93. The minimum Gasteiger partial charge on any atom is -0.497 e. The maximum atomic E-state index is 12.9. The highest BCUT2D eigenvalue weighted by Crippen LogP contribution is 2.34. The van der Waals surface area contributed by atoms with Crippen molar-refractivity contribution in [3.63, 3.8) is 0 Å². The quantitative estimate of drug-likeness (QED) is 0.868. The van der Waals surface area contributed by atoms with E-state index in [1.165, 1.54) is 12.3 Å². The number of nitrogens with zero attached hydrogens (tertiary/aromatic N) is 3. The number of aromatic nitrogens is 2. The molecule has 122 valence electrons. The third kappa shape index (κ3) is 2.91. The van der Waals surface area contributed by atoms with Gasteiger partial charge in [0.2, 0.25) is 0 Å². The number of hydrogen-bond donors (Lipinski definition) is 0. The Bertz CT molecular complexity index is 702. The smallest absolute Gasteiger partial charge is 0.333 e. The van der Waals surface area contributed by atoms with E-state index in [1.807, 2.05) is 24.3 Å². The van der Waals surface area contributed by atoms with Crippen LogP contribution in [0.2, 0.25) is 0 Å². The summed E-state index contributed by atoms with van der Waals surface area (Å²) in [6, 6.07) is 8.67. The van der Waals surface area contributed by atoms with Gasteiger partial charge in [0.1, 0.15) is 11.4 Å². The van der Waals surface area contributed by atoms with Crippen molar-refractivity contribution in [2.24, 2.45) is 0 Å². The second-order valence-corrected chi connectivity index (χ2v) is 5.37. The summed E-state index contributed by atoms with van der Waals surface area (Å²) < 4.78 is 31.6. The van der Waals surface area contributed by atoms with Gasteiger partial charge in [-0.2, -0.15) is 18.6 Å². The number of likely N-dealkylation sites (tertiary alicyclic amines) is 1. The second kappa shape index (κ2) is 6.36. The Morgan fingerprint density at radius 3 is 2.96 bits per heavy atom. The zero-order valence-corrected chi connectivity index (χ0v) is 12.7. The molecule has 23 heavy (non-hydrogen) atoms. The van der Waals surface area contributed by atoms with Crippen LogP contribution in [0, 0.1) is 0 Å². The van der Waals surface area contributed by atoms with Crippen LogP contribution in [0.15, 0.2) is 36.5 Å². The zero-order chi connectivity index (χ0) is 16.4. The number of alkyl halides is 2. The molecule has 1 amide bonds. The maximum Gasteiger partial charge on any atom is 0.333 e. The zero-order valence-electron chi connectivity index (χ0n) is 12.7. The lowest BCUT2D eigenvalue weighted by Gasteiger charge is -2.25. The first-order valence-electron chi connectivity index (χ1n) is 7.38. The normalized spacial score (nSPS) is 17.7. The van der Waals surface area contributed by atoms with E-state index in [9.17, 15) is 13.6 Å². The third-order valence-electron chi connectivity index (χ3n) is 4.07. The number of halogens is 2. The first-order chi connectivity index (χ1) is 11.1. The number of carbonyl (C=O) groups excluding carboxylic acids is 1. The SMILES string of the molecule is COc1cccc([C@@H]2CCCN2C(=O)c2ccnn2C(F)F)c1. The summed E-state index contributed by atoms with van der Waals surface area (Å²) in [5, 5.41) is 3.53. The van der Waals surface area contributed by atoms with Crippen LogP contribution in [0.3, 0.4) is 0 Å². The van der Waals surface area contributed by atoms with E-state index in [0.717, 1.165) is 18.4 Å². The van der Waals surface area contributed by atoms with Crippen molar-refractivity contribution in [1.82, 2.24) is 14.7 Å². The molecule has 1 aliphatic rings. The molecule has 0 aliphatic carbocycles. The van der Waals surface area contributed by atoms with Gasteiger partial charge in [-0.1, -0.05) is 12.1 Å². The van der Waals surface area contributed by atoms with Gasteiger partial charge in [0, 0.05) is 12.7 Å².